The van der Waals surface area contributed by atoms with Crippen LogP contribution in [0.3, 0.4) is 0 Å². The van der Waals surface area contributed by atoms with Crippen LogP contribution < -0.4 is 0 Å². The zero-order chi connectivity index (χ0) is 32.6. The number of benzene rings is 2. The summed E-state index contributed by atoms with van der Waals surface area (Å²) in [6.45, 7) is 1.92. The quantitative estimate of drug-likeness (QED) is 0.111. The van der Waals surface area contributed by atoms with Crippen LogP contribution in [0.15, 0.2) is 72.2 Å². The smallest absolute Gasteiger partial charge is 0.325 e. The molecule has 5 rings (SSSR count). The fraction of sp³-hybridized carbons (Fsp3) is 0.353. The molecule has 1 fully saturated rings. The predicted molar refractivity (Wildman–Crippen MR) is 180 cm³/mol. The van der Waals surface area contributed by atoms with Crippen molar-refractivity contribution in [3.05, 3.63) is 93.3 Å². The Kier molecular flexibility index (Phi) is 11.4. The lowest BCUT2D eigenvalue weighted by atomic mass is 10.0. The topological polar surface area (TPSA) is 103 Å². The molecule has 2 aromatic carbocycles. The van der Waals surface area contributed by atoms with Crippen LogP contribution in [-0.2, 0) is 43.2 Å². The van der Waals surface area contributed by atoms with E-state index in [1.165, 1.54) is 14.7 Å². The Morgan fingerprint density at radius 1 is 1.09 bits per heavy atom. The molecule has 0 spiro atoms. The summed E-state index contributed by atoms with van der Waals surface area (Å²) in [6.07, 6.45) is 2.93. The van der Waals surface area contributed by atoms with Gasteiger partial charge in [0.1, 0.15) is 24.6 Å². The molecule has 1 N–H and O–H groups in total. The van der Waals surface area contributed by atoms with E-state index in [1.807, 2.05) is 60.1 Å². The van der Waals surface area contributed by atoms with Crippen LogP contribution in [0.2, 0.25) is 5.02 Å². The number of carbonyl (C=O) groups excluding carboxylic acids is 4. The average molecular weight is 684 g/mol. The Morgan fingerprint density at radius 3 is 2.61 bits per heavy atom. The molecule has 0 saturated carbocycles. The predicted octanol–water partition coefficient (Wildman–Crippen LogP) is 5.30. The van der Waals surface area contributed by atoms with E-state index >= 15 is 0 Å². The number of nitrogens with one attached hydrogen (secondary N) is 1. The number of rotatable bonds is 14. The van der Waals surface area contributed by atoms with Crippen molar-refractivity contribution < 1.29 is 23.9 Å². The molecule has 1 aliphatic heterocycles. The first-order valence-corrected chi connectivity index (χ1v) is 16.9. The van der Waals surface area contributed by atoms with Gasteiger partial charge in [0.15, 0.2) is 0 Å². The Balaban J connectivity index is 1.36. The fourth-order valence-electron chi connectivity index (χ4n) is 5.68. The maximum absolute atomic E-state index is 14.1. The molecular formula is C34H36Cl2N4O5S. The number of piperazine rings is 1. The highest BCUT2D eigenvalue weighted by molar-refractivity contribution is 7.09. The number of para-hydroxylation sites is 1. The van der Waals surface area contributed by atoms with Crippen molar-refractivity contribution >= 4 is 69.1 Å². The maximum Gasteiger partial charge on any atom is 0.325 e. The molecule has 46 heavy (non-hydrogen) atoms. The largest absolute Gasteiger partial charge is 0.465 e. The first-order chi connectivity index (χ1) is 22.2. The zero-order valence-corrected chi connectivity index (χ0v) is 27.8. The van der Waals surface area contributed by atoms with Gasteiger partial charge in [0.25, 0.3) is 0 Å². The fourth-order valence-corrected chi connectivity index (χ4v) is 6.85. The molecular weight excluding hydrogens is 647 g/mol. The number of amides is 3. The van der Waals surface area contributed by atoms with Crippen molar-refractivity contribution in [3.8, 4) is 0 Å². The molecule has 2 aromatic heterocycles. The van der Waals surface area contributed by atoms with E-state index in [0.29, 0.717) is 24.3 Å². The van der Waals surface area contributed by atoms with Gasteiger partial charge in [-0.05, 0) is 60.5 Å². The van der Waals surface area contributed by atoms with Gasteiger partial charge in [0.05, 0.1) is 13.0 Å². The second kappa shape index (κ2) is 15.6. The normalized spacial score (nSPS) is 15.8. The van der Waals surface area contributed by atoms with Gasteiger partial charge in [-0.15, -0.1) is 11.3 Å². The van der Waals surface area contributed by atoms with Gasteiger partial charge < -0.3 is 24.4 Å². The van der Waals surface area contributed by atoms with Crippen LogP contribution in [-0.4, -0.2) is 87.7 Å². The summed E-state index contributed by atoms with van der Waals surface area (Å²) < 4.78 is 5.17. The number of H-pyrrole nitrogens is 1. The lowest BCUT2D eigenvalue weighted by molar-refractivity contribution is -0.159. The summed E-state index contributed by atoms with van der Waals surface area (Å²) in [5.41, 5.74) is 2.02. The first kappa shape index (κ1) is 33.5. The number of alkyl halides is 1. The van der Waals surface area contributed by atoms with E-state index in [2.05, 4.69) is 4.98 Å². The van der Waals surface area contributed by atoms with E-state index in [0.717, 1.165) is 26.9 Å². The molecule has 0 bridgehead atoms. The highest BCUT2D eigenvalue weighted by Gasteiger charge is 2.43. The zero-order valence-electron chi connectivity index (χ0n) is 25.5. The van der Waals surface area contributed by atoms with Crippen LogP contribution in [0.5, 0.6) is 0 Å². The molecule has 2 atom stereocenters. The van der Waals surface area contributed by atoms with Gasteiger partial charge in [-0.25, -0.2) is 0 Å². The SMILES string of the molecule is CCOC(=O)CN(CCc1c[nH]c2ccccc12)C(=O)CC1C(=O)N(C(Cl)Cc2ccc(Cl)cc2)CC(=O)N1CCc1cccs1. The van der Waals surface area contributed by atoms with Gasteiger partial charge in [0, 0.05) is 46.5 Å². The molecule has 3 heterocycles. The van der Waals surface area contributed by atoms with Crippen LogP contribution in [0.25, 0.3) is 10.9 Å². The van der Waals surface area contributed by atoms with E-state index in [1.54, 1.807) is 30.4 Å². The molecule has 12 heteroatoms. The van der Waals surface area contributed by atoms with E-state index < -0.39 is 29.3 Å². The summed E-state index contributed by atoms with van der Waals surface area (Å²) in [4.78, 5) is 62.8. The van der Waals surface area contributed by atoms with Crippen LogP contribution >= 0.6 is 34.5 Å². The minimum absolute atomic E-state index is 0.176. The second-order valence-corrected chi connectivity index (χ2v) is 13.1. The van der Waals surface area contributed by atoms with Crippen molar-refractivity contribution in [2.24, 2.45) is 0 Å². The Hall–Kier alpha value is -3.86. The molecule has 2 unspecified atom stereocenters. The summed E-state index contributed by atoms with van der Waals surface area (Å²) in [7, 11) is 0. The van der Waals surface area contributed by atoms with Crippen molar-refractivity contribution in [2.45, 2.75) is 44.1 Å². The van der Waals surface area contributed by atoms with Crippen molar-refractivity contribution in [3.63, 3.8) is 0 Å². The number of fused-ring (bicyclic) bond motifs is 1. The lowest BCUT2D eigenvalue weighted by Crippen LogP contribution is -2.63. The van der Waals surface area contributed by atoms with E-state index in [9.17, 15) is 19.2 Å². The third-order valence-corrected chi connectivity index (χ3v) is 9.66. The number of carbonyl (C=O) groups is 4. The Bertz CT molecular complexity index is 1660. The Morgan fingerprint density at radius 2 is 1.87 bits per heavy atom. The van der Waals surface area contributed by atoms with E-state index in [-0.39, 0.29) is 45.1 Å². The summed E-state index contributed by atoms with van der Waals surface area (Å²) in [6, 6.07) is 17.8. The molecule has 0 aliphatic carbocycles. The number of aromatic amines is 1. The van der Waals surface area contributed by atoms with Gasteiger partial charge in [0.2, 0.25) is 17.7 Å². The van der Waals surface area contributed by atoms with Crippen LogP contribution in [0.4, 0.5) is 0 Å². The molecule has 9 nitrogen and oxygen atoms in total. The van der Waals surface area contributed by atoms with Gasteiger partial charge in [-0.3, -0.25) is 19.2 Å². The number of thiophene rings is 1. The highest BCUT2D eigenvalue weighted by atomic mass is 35.5. The van der Waals surface area contributed by atoms with Crippen molar-refractivity contribution in [1.82, 2.24) is 19.7 Å². The minimum Gasteiger partial charge on any atom is -0.465 e. The number of hydrogen-bond donors (Lipinski definition) is 1. The van der Waals surface area contributed by atoms with Gasteiger partial charge in [-0.1, -0.05) is 59.6 Å². The van der Waals surface area contributed by atoms with Crippen LogP contribution in [0.1, 0.15) is 29.3 Å². The second-order valence-electron chi connectivity index (χ2n) is 11.1. The molecule has 3 amide bonds. The monoisotopic (exact) mass is 682 g/mol. The third-order valence-electron chi connectivity index (χ3n) is 8.08. The summed E-state index contributed by atoms with van der Waals surface area (Å²) >= 11 is 14.4. The molecule has 0 radical (unpaired) electrons. The summed E-state index contributed by atoms with van der Waals surface area (Å²) in [5.74, 6) is -1.65. The van der Waals surface area contributed by atoms with Crippen molar-refractivity contribution in [2.75, 3.05) is 32.8 Å². The van der Waals surface area contributed by atoms with Crippen molar-refractivity contribution in [1.29, 1.82) is 0 Å². The number of halogens is 2. The number of esters is 1. The highest BCUT2D eigenvalue weighted by Crippen LogP contribution is 2.25. The lowest BCUT2D eigenvalue weighted by Gasteiger charge is -2.42. The van der Waals surface area contributed by atoms with Gasteiger partial charge in [-0.2, -0.15) is 0 Å². The number of ether oxygens (including phenoxy) is 1. The van der Waals surface area contributed by atoms with Crippen LogP contribution in [0, 0.1) is 0 Å². The van der Waals surface area contributed by atoms with E-state index in [4.69, 9.17) is 27.9 Å². The first-order valence-electron chi connectivity index (χ1n) is 15.2. The minimum atomic E-state index is -1.07. The maximum atomic E-state index is 14.1. The number of aromatic nitrogens is 1. The number of nitrogens with zero attached hydrogens (tertiary/aromatic N) is 3. The summed E-state index contributed by atoms with van der Waals surface area (Å²) in [5, 5.41) is 3.57. The molecule has 1 saturated heterocycles. The Labute approximate surface area is 282 Å². The average Bonchev–Trinajstić information content (AvgIpc) is 3.72. The molecule has 4 aromatic rings. The molecule has 1 aliphatic rings. The third kappa shape index (κ3) is 8.29. The standard InChI is InChI=1S/C34H36Cl2N4O5S/c1-2-45-33(43)22-38(15-13-24-20-37-28-8-4-3-7-27(24)28)31(41)19-29-34(44)40(30(36)18-23-9-11-25(35)12-10-23)21-32(42)39(29)16-14-26-6-5-17-46-26/h3-12,17,20,29-30,37H,2,13-16,18-19,21-22H2,1H3. The van der Waals surface area contributed by atoms with Gasteiger partial charge >= 0.3 is 5.97 Å². The molecule has 242 valence electrons. The number of hydrogen-bond acceptors (Lipinski definition) is 6.